The monoisotopic (exact) mass is 489 g/mol. The van der Waals surface area contributed by atoms with Crippen LogP contribution in [0.4, 0.5) is 10.5 Å². The third kappa shape index (κ3) is 5.28. The molecule has 7 nitrogen and oxygen atoms in total. The molecule has 2 aliphatic rings. The van der Waals surface area contributed by atoms with Crippen molar-refractivity contribution in [1.29, 1.82) is 0 Å². The molecule has 1 aromatic heterocycles. The van der Waals surface area contributed by atoms with E-state index in [0.717, 1.165) is 24.8 Å². The number of thiophene rings is 1. The van der Waals surface area contributed by atoms with E-state index >= 15 is 0 Å². The molecule has 3 amide bonds. The maximum atomic E-state index is 13.0. The fraction of sp³-hybridized carbons (Fsp3) is 0.417. The number of likely N-dealkylation sites (tertiary alicyclic amines) is 2. The third-order valence-corrected chi connectivity index (χ3v) is 7.54. The van der Waals surface area contributed by atoms with Gasteiger partial charge in [0.2, 0.25) is 5.91 Å². The highest BCUT2D eigenvalue weighted by molar-refractivity contribution is 7.08. The first-order valence-corrected chi connectivity index (χ1v) is 12.2. The molecule has 0 radical (unpaired) electrons. The Morgan fingerprint density at radius 3 is 2.42 bits per heavy atom. The summed E-state index contributed by atoms with van der Waals surface area (Å²) in [6.45, 7) is 2.79. The first kappa shape index (κ1) is 23.4. The van der Waals surface area contributed by atoms with Crippen LogP contribution in [0.1, 0.15) is 24.8 Å². The summed E-state index contributed by atoms with van der Waals surface area (Å²) >= 11 is 7.84. The number of hydrogen-bond donors (Lipinski definition) is 1. The van der Waals surface area contributed by atoms with Crippen molar-refractivity contribution in [2.45, 2.75) is 19.3 Å². The Morgan fingerprint density at radius 1 is 1.09 bits per heavy atom. The van der Waals surface area contributed by atoms with Gasteiger partial charge in [0.05, 0.1) is 24.9 Å². The molecule has 4 rings (SSSR count). The Kier molecular flexibility index (Phi) is 7.14. The van der Waals surface area contributed by atoms with Crippen LogP contribution in [0.3, 0.4) is 0 Å². The molecule has 9 heteroatoms. The van der Waals surface area contributed by atoms with Crippen LogP contribution in [0.25, 0.3) is 6.08 Å². The average Bonchev–Trinajstić information content (AvgIpc) is 3.49. The lowest BCUT2D eigenvalue weighted by molar-refractivity contribution is -0.128. The molecular formula is C24H28ClN3O4S. The van der Waals surface area contributed by atoms with Gasteiger partial charge >= 0.3 is 6.03 Å². The normalized spacial score (nSPS) is 17.5. The number of hydrogen-bond acceptors (Lipinski definition) is 5. The molecule has 1 aromatic carbocycles. The summed E-state index contributed by atoms with van der Waals surface area (Å²) in [5.74, 6) is 1.02. The number of amides is 3. The van der Waals surface area contributed by atoms with Crippen LogP contribution in [0.15, 0.2) is 35.0 Å². The summed E-state index contributed by atoms with van der Waals surface area (Å²) in [7, 11) is 3.06. The smallest absolute Gasteiger partial charge is 0.321 e. The van der Waals surface area contributed by atoms with Crippen molar-refractivity contribution in [3.63, 3.8) is 0 Å². The lowest BCUT2D eigenvalue weighted by Gasteiger charge is -2.38. The van der Waals surface area contributed by atoms with Crippen molar-refractivity contribution in [1.82, 2.24) is 9.80 Å². The Labute approximate surface area is 202 Å². The fourth-order valence-corrected chi connectivity index (χ4v) is 5.38. The number of urea groups is 1. The molecule has 2 fully saturated rings. The van der Waals surface area contributed by atoms with Crippen molar-refractivity contribution in [2.75, 3.05) is 45.7 Å². The first-order valence-electron chi connectivity index (χ1n) is 10.9. The number of nitrogens with zero attached hydrogens (tertiary/aromatic N) is 2. The molecule has 2 saturated heterocycles. The van der Waals surface area contributed by atoms with Crippen LogP contribution >= 0.6 is 22.9 Å². The summed E-state index contributed by atoms with van der Waals surface area (Å²) in [6, 6.07) is 5.11. The van der Waals surface area contributed by atoms with Gasteiger partial charge in [-0.3, -0.25) is 4.79 Å². The molecule has 1 spiro atoms. The van der Waals surface area contributed by atoms with Gasteiger partial charge in [-0.05, 0) is 59.2 Å². The van der Waals surface area contributed by atoms with E-state index in [1.165, 1.54) is 14.2 Å². The Hall–Kier alpha value is -2.71. The average molecular weight is 490 g/mol. The number of ether oxygens (including phenoxy) is 2. The molecule has 0 atom stereocenters. The van der Waals surface area contributed by atoms with Crippen molar-refractivity contribution < 1.29 is 19.1 Å². The molecule has 33 heavy (non-hydrogen) atoms. The maximum Gasteiger partial charge on any atom is 0.321 e. The largest absolute Gasteiger partial charge is 0.495 e. The van der Waals surface area contributed by atoms with Gasteiger partial charge in [0.1, 0.15) is 11.5 Å². The van der Waals surface area contributed by atoms with Gasteiger partial charge in [0.15, 0.2) is 0 Å². The number of carbonyl (C=O) groups excluding carboxylic acids is 2. The summed E-state index contributed by atoms with van der Waals surface area (Å²) in [5, 5.41) is 7.34. The van der Waals surface area contributed by atoms with Gasteiger partial charge in [-0.2, -0.15) is 11.3 Å². The molecule has 2 aromatic rings. The second kappa shape index (κ2) is 10.1. The molecule has 176 valence electrons. The Morgan fingerprint density at radius 2 is 1.79 bits per heavy atom. The van der Waals surface area contributed by atoms with E-state index in [1.807, 2.05) is 32.7 Å². The van der Waals surface area contributed by atoms with Crippen molar-refractivity contribution >= 4 is 46.6 Å². The second-order valence-corrected chi connectivity index (χ2v) is 9.69. The quantitative estimate of drug-likeness (QED) is 0.601. The lowest BCUT2D eigenvalue weighted by Crippen LogP contribution is -2.44. The van der Waals surface area contributed by atoms with Gasteiger partial charge in [0.25, 0.3) is 0 Å². The zero-order valence-electron chi connectivity index (χ0n) is 18.8. The zero-order chi connectivity index (χ0) is 23.4. The molecule has 0 saturated carbocycles. The van der Waals surface area contributed by atoms with E-state index < -0.39 is 0 Å². The number of piperidine rings is 1. The predicted octanol–water partition coefficient (Wildman–Crippen LogP) is 4.98. The van der Waals surface area contributed by atoms with Gasteiger partial charge in [-0.25, -0.2) is 4.79 Å². The third-order valence-electron chi connectivity index (χ3n) is 6.54. The zero-order valence-corrected chi connectivity index (χ0v) is 20.4. The van der Waals surface area contributed by atoms with Crippen LogP contribution in [0.2, 0.25) is 5.02 Å². The van der Waals surface area contributed by atoms with Crippen molar-refractivity contribution in [3.05, 3.63) is 45.6 Å². The molecule has 0 unspecified atom stereocenters. The topological polar surface area (TPSA) is 71.1 Å². The van der Waals surface area contributed by atoms with Crippen LogP contribution in [-0.2, 0) is 4.79 Å². The summed E-state index contributed by atoms with van der Waals surface area (Å²) in [6.07, 6.45) is 6.25. The van der Waals surface area contributed by atoms with Gasteiger partial charge in [-0.1, -0.05) is 11.6 Å². The Bertz CT molecular complexity index is 1030. The summed E-state index contributed by atoms with van der Waals surface area (Å²) < 4.78 is 10.6. The number of benzene rings is 1. The van der Waals surface area contributed by atoms with Gasteiger partial charge in [-0.15, -0.1) is 0 Å². The number of anilines is 1. The highest BCUT2D eigenvalue weighted by Crippen LogP contribution is 2.41. The standard InChI is InChI=1S/C24H28ClN3O4S/c1-31-20-14-21(32-2)19(13-18(20)25)26-23(30)28-11-8-24(16-28)6-9-27(10-7-24)22(29)4-3-17-5-12-33-15-17/h3-5,12-15H,6-11,16H2,1-2H3,(H,26,30). The van der Waals surface area contributed by atoms with Crippen LogP contribution < -0.4 is 14.8 Å². The molecule has 3 heterocycles. The van der Waals surface area contributed by atoms with Crippen molar-refractivity contribution in [3.8, 4) is 11.5 Å². The Balaban J connectivity index is 1.33. The van der Waals surface area contributed by atoms with E-state index in [0.29, 0.717) is 48.4 Å². The molecule has 0 bridgehead atoms. The number of halogens is 1. The van der Waals surface area contributed by atoms with Gasteiger partial charge in [0, 0.05) is 38.3 Å². The van der Waals surface area contributed by atoms with E-state index in [9.17, 15) is 9.59 Å². The van der Waals surface area contributed by atoms with Crippen LogP contribution in [0.5, 0.6) is 11.5 Å². The van der Waals surface area contributed by atoms with Gasteiger partial charge < -0.3 is 24.6 Å². The fourth-order valence-electron chi connectivity index (χ4n) is 4.51. The van der Waals surface area contributed by atoms with E-state index in [2.05, 4.69) is 5.32 Å². The predicted molar refractivity (Wildman–Crippen MR) is 131 cm³/mol. The number of rotatable bonds is 5. The SMILES string of the molecule is COc1cc(OC)c(NC(=O)N2CCC3(CCN(C(=O)C=Cc4ccsc4)CC3)C2)cc1Cl. The van der Waals surface area contributed by atoms with E-state index in [1.54, 1.807) is 29.5 Å². The second-order valence-electron chi connectivity index (χ2n) is 8.50. The number of carbonyl (C=O) groups is 2. The van der Waals surface area contributed by atoms with E-state index in [4.69, 9.17) is 21.1 Å². The number of nitrogens with one attached hydrogen (secondary N) is 1. The molecule has 1 N–H and O–H groups in total. The summed E-state index contributed by atoms with van der Waals surface area (Å²) in [5.41, 5.74) is 1.62. The van der Waals surface area contributed by atoms with Crippen molar-refractivity contribution in [2.24, 2.45) is 5.41 Å². The van der Waals surface area contributed by atoms with Crippen LogP contribution in [0, 0.1) is 5.41 Å². The minimum atomic E-state index is -0.177. The highest BCUT2D eigenvalue weighted by atomic mass is 35.5. The maximum absolute atomic E-state index is 13.0. The molecular weight excluding hydrogens is 462 g/mol. The van der Waals surface area contributed by atoms with Crippen LogP contribution in [-0.4, -0.2) is 62.1 Å². The molecule has 2 aliphatic heterocycles. The highest BCUT2D eigenvalue weighted by Gasteiger charge is 2.42. The molecule has 0 aliphatic carbocycles. The minimum Gasteiger partial charge on any atom is -0.495 e. The van der Waals surface area contributed by atoms with E-state index in [-0.39, 0.29) is 17.4 Å². The minimum absolute atomic E-state index is 0.0483. The summed E-state index contributed by atoms with van der Waals surface area (Å²) in [4.78, 5) is 29.2. The number of methoxy groups -OCH3 is 2. The first-order chi connectivity index (χ1) is 15.9. The lowest BCUT2D eigenvalue weighted by atomic mass is 9.78.